The highest BCUT2D eigenvalue weighted by Gasteiger charge is 2.20. The molecule has 0 bridgehead atoms. The van der Waals surface area contributed by atoms with Gasteiger partial charge in [-0.15, -0.1) is 0 Å². The Hall–Kier alpha value is -4.24. The molecule has 1 aromatic heterocycles. The van der Waals surface area contributed by atoms with Gasteiger partial charge in [-0.25, -0.2) is 0 Å². The van der Waals surface area contributed by atoms with Crippen molar-refractivity contribution in [1.82, 2.24) is 10.6 Å². The lowest BCUT2D eigenvalue weighted by Gasteiger charge is -2.13. The zero-order valence-electron chi connectivity index (χ0n) is 18.2. The van der Waals surface area contributed by atoms with E-state index in [4.69, 9.17) is 9.15 Å². The standard InChI is InChI=1S/C25H23N3O6/c29-24(17-6-2-1-3-7-17)27-22(25(30)26-16-21-10-5-13-33-21)15-20-11-12-23(34-20)18-8-4-9-19(14-18)28(31)32/h1-4,6-9,11-12,14-15,21H,5,10,13,16H2,(H,26,30)(H,27,29)/b22-15+/t21-/m1/s1. The maximum atomic E-state index is 12.9. The fraction of sp³-hybridized carbons (Fsp3) is 0.200. The molecule has 0 saturated carbocycles. The smallest absolute Gasteiger partial charge is 0.270 e. The third-order valence-electron chi connectivity index (χ3n) is 5.30. The topological polar surface area (TPSA) is 124 Å². The fourth-order valence-electron chi connectivity index (χ4n) is 3.55. The molecule has 0 aliphatic carbocycles. The van der Waals surface area contributed by atoms with Crippen LogP contribution in [0.4, 0.5) is 5.69 Å². The van der Waals surface area contributed by atoms with E-state index < -0.39 is 16.7 Å². The average Bonchev–Trinajstić information content (AvgIpc) is 3.55. The zero-order valence-corrected chi connectivity index (χ0v) is 18.2. The van der Waals surface area contributed by atoms with Crippen LogP contribution in [0.1, 0.15) is 29.0 Å². The van der Waals surface area contributed by atoms with E-state index in [9.17, 15) is 19.7 Å². The first-order valence-corrected chi connectivity index (χ1v) is 10.8. The van der Waals surface area contributed by atoms with E-state index in [2.05, 4.69) is 10.6 Å². The number of rotatable bonds is 8. The van der Waals surface area contributed by atoms with Crippen molar-refractivity contribution < 1.29 is 23.7 Å². The van der Waals surface area contributed by atoms with Crippen LogP contribution in [-0.2, 0) is 9.53 Å². The summed E-state index contributed by atoms with van der Waals surface area (Å²) in [7, 11) is 0. The summed E-state index contributed by atoms with van der Waals surface area (Å²) in [6.45, 7) is 0.995. The average molecular weight is 461 g/mol. The summed E-state index contributed by atoms with van der Waals surface area (Å²) in [5, 5.41) is 16.5. The number of nitrogens with zero attached hydrogens (tertiary/aromatic N) is 1. The van der Waals surface area contributed by atoms with E-state index in [0.29, 0.717) is 35.8 Å². The van der Waals surface area contributed by atoms with Gasteiger partial charge in [0.1, 0.15) is 17.2 Å². The van der Waals surface area contributed by atoms with Crippen molar-refractivity contribution >= 4 is 23.6 Å². The van der Waals surface area contributed by atoms with Crippen LogP contribution in [0.15, 0.2) is 76.8 Å². The molecule has 0 spiro atoms. The minimum atomic E-state index is -0.483. The zero-order chi connectivity index (χ0) is 23.9. The molecule has 1 aliphatic rings. The van der Waals surface area contributed by atoms with Crippen molar-refractivity contribution in [3.63, 3.8) is 0 Å². The SMILES string of the molecule is O=C(NC[C@H]1CCCO1)/C(=C\c1ccc(-c2cccc([N+](=O)[O-])c2)o1)NC(=O)c1ccccc1. The molecule has 9 heteroatoms. The molecule has 1 fully saturated rings. The monoisotopic (exact) mass is 461 g/mol. The Morgan fingerprint density at radius 1 is 1.09 bits per heavy atom. The highest BCUT2D eigenvalue weighted by molar-refractivity contribution is 6.05. The van der Waals surface area contributed by atoms with Crippen molar-refractivity contribution in [2.75, 3.05) is 13.2 Å². The molecule has 174 valence electrons. The molecular formula is C25H23N3O6. The van der Waals surface area contributed by atoms with Crippen molar-refractivity contribution in [3.8, 4) is 11.3 Å². The number of amides is 2. The van der Waals surface area contributed by atoms with E-state index in [0.717, 1.165) is 12.8 Å². The van der Waals surface area contributed by atoms with Gasteiger partial charge in [0.25, 0.3) is 17.5 Å². The number of ether oxygens (including phenoxy) is 1. The second-order valence-electron chi connectivity index (χ2n) is 7.73. The normalized spacial score (nSPS) is 15.6. The Morgan fingerprint density at radius 3 is 2.65 bits per heavy atom. The maximum absolute atomic E-state index is 12.9. The number of carbonyl (C=O) groups is 2. The lowest BCUT2D eigenvalue weighted by atomic mass is 10.1. The largest absolute Gasteiger partial charge is 0.457 e. The van der Waals surface area contributed by atoms with Crippen molar-refractivity contribution in [1.29, 1.82) is 0 Å². The lowest BCUT2D eigenvalue weighted by Crippen LogP contribution is -2.38. The van der Waals surface area contributed by atoms with Gasteiger partial charge < -0.3 is 19.8 Å². The van der Waals surface area contributed by atoms with E-state index in [1.807, 2.05) is 0 Å². The van der Waals surface area contributed by atoms with Gasteiger partial charge in [0.15, 0.2) is 0 Å². The number of furan rings is 1. The van der Waals surface area contributed by atoms with Gasteiger partial charge in [0, 0.05) is 42.5 Å². The highest BCUT2D eigenvalue weighted by Crippen LogP contribution is 2.26. The summed E-state index contributed by atoms with van der Waals surface area (Å²) in [5.41, 5.74) is 0.866. The number of nitrogens with one attached hydrogen (secondary N) is 2. The Kier molecular flexibility index (Phi) is 7.14. The fourth-order valence-corrected chi connectivity index (χ4v) is 3.55. The molecule has 0 unspecified atom stereocenters. The van der Waals surface area contributed by atoms with Gasteiger partial charge >= 0.3 is 0 Å². The molecule has 4 rings (SSSR count). The summed E-state index contributed by atoms with van der Waals surface area (Å²) in [4.78, 5) is 36.2. The van der Waals surface area contributed by atoms with Crippen molar-refractivity contribution in [3.05, 3.63) is 93.9 Å². The first-order valence-electron chi connectivity index (χ1n) is 10.8. The summed E-state index contributed by atoms with van der Waals surface area (Å²) >= 11 is 0. The van der Waals surface area contributed by atoms with Gasteiger partial charge in [0.2, 0.25) is 0 Å². The Bertz CT molecular complexity index is 1210. The van der Waals surface area contributed by atoms with E-state index >= 15 is 0 Å². The van der Waals surface area contributed by atoms with Crippen LogP contribution in [0.3, 0.4) is 0 Å². The number of benzene rings is 2. The quantitative estimate of drug-likeness (QED) is 0.298. The van der Waals surface area contributed by atoms with Gasteiger partial charge in [-0.2, -0.15) is 0 Å². The third-order valence-corrected chi connectivity index (χ3v) is 5.30. The second kappa shape index (κ2) is 10.6. The molecule has 2 heterocycles. The minimum absolute atomic E-state index is 0.00629. The number of non-ortho nitro benzene ring substituents is 1. The van der Waals surface area contributed by atoms with Crippen LogP contribution in [0.25, 0.3) is 17.4 Å². The number of nitro groups is 1. The molecule has 1 aliphatic heterocycles. The Balaban J connectivity index is 1.56. The maximum Gasteiger partial charge on any atom is 0.270 e. The van der Waals surface area contributed by atoms with Crippen LogP contribution in [-0.4, -0.2) is 36.0 Å². The molecular weight excluding hydrogens is 438 g/mol. The molecule has 2 aromatic carbocycles. The first kappa shape index (κ1) is 22.9. The van der Waals surface area contributed by atoms with Gasteiger partial charge in [-0.3, -0.25) is 19.7 Å². The highest BCUT2D eigenvalue weighted by atomic mass is 16.6. The molecule has 34 heavy (non-hydrogen) atoms. The van der Waals surface area contributed by atoms with Crippen LogP contribution in [0.5, 0.6) is 0 Å². The summed E-state index contributed by atoms with van der Waals surface area (Å²) < 4.78 is 11.3. The first-order chi connectivity index (χ1) is 16.5. The van der Waals surface area contributed by atoms with Gasteiger partial charge in [-0.05, 0) is 37.1 Å². The van der Waals surface area contributed by atoms with Crippen LogP contribution in [0.2, 0.25) is 0 Å². The predicted octanol–water partition coefficient (Wildman–Crippen LogP) is 3.92. The molecule has 1 atom stereocenters. The van der Waals surface area contributed by atoms with E-state index in [1.165, 1.54) is 18.2 Å². The van der Waals surface area contributed by atoms with Crippen molar-refractivity contribution in [2.24, 2.45) is 0 Å². The molecule has 0 radical (unpaired) electrons. The van der Waals surface area contributed by atoms with Crippen molar-refractivity contribution in [2.45, 2.75) is 18.9 Å². The Morgan fingerprint density at radius 2 is 1.91 bits per heavy atom. The minimum Gasteiger partial charge on any atom is -0.457 e. The van der Waals surface area contributed by atoms with E-state index in [1.54, 1.807) is 54.6 Å². The number of carbonyl (C=O) groups excluding carboxylic acids is 2. The molecule has 1 saturated heterocycles. The van der Waals surface area contributed by atoms with Crippen LogP contribution >= 0.6 is 0 Å². The Labute approximate surface area is 195 Å². The predicted molar refractivity (Wildman–Crippen MR) is 125 cm³/mol. The number of hydrogen-bond acceptors (Lipinski definition) is 6. The summed E-state index contributed by atoms with van der Waals surface area (Å²) in [6, 6.07) is 17.8. The molecule has 2 amide bonds. The molecule has 2 N–H and O–H groups in total. The molecule has 3 aromatic rings. The van der Waals surface area contributed by atoms with Crippen LogP contribution < -0.4 is 10.6 Å². The van der Waals surface area contributed by atoms with E-state index in [-0.39, 0.29) is 17.5 Å². The third kappa shape index (κ3) is 5.76. The summed E-state index contributed by atoms with van der Waals surface area (Å²) in [5.74, 6) is -0.224. The summed E-state index contributed by atoms with van der Waals surface area (Å²) in [6.07, 6.45) is 3.17. The van der Waals surface area contributed by atoms with Gasteiger partial charge in [-0.1, -0.05) is 30.3 Å². The number of nitro benzene ring substituents is 1. The molecule has 9 nitrogen and oxygen atoms in total. The lowest BCUT2D eigenvalue weighted by molar-refractivity contribution is -0.384. The number of hydrogen-bond donors (Lipinski definition) is 2. The van der Waals surface area contributed by atoms with Gasteiger partial charge in [0.05, 0.1) is 11.0 Å². The van der Waals surface area contributed by atoms with Crippen LogP contribution in [0, 0.1) is 10.1 Å². The second-order valence-corrected chi connectivity index (χ2v) is 7.73.